The summed E-state index contributed by atoms with van der Waals surface area (Å²) in [5.74, 6) is -0.0401. The third-order valence-corrected chi connectivity index (χ3v) is 14.9. The van der Waals surface area contributed by atoms with Crippen LogP contribution in [-0.2, 0) is 44.1 Å². The number of pyridine rings is 2. The largest absolute Gasteiger partial charge is 0.496 e. The van der Waals surface area contributed by atoms with Gasteiger partial charge in [-0.3, -0.25) is 33.9 Å². The third kappa shape index (κ3) is 12.4. The normalized spacial score (nSPS) is 17.9. The summed E-state index contributed by atoms with van der Waals surface area (Å²) in [4.78, 5) is 79.1. The number of carbonyl (C=O) groups excluding carboxylic acids is 4. The van der Waals surface area contributed by atoms with Crippen LogP contribution in [0.3, 0.4) is 0 Å². The number of fused-ring (bicyclic) bond motifs is 1. The van der Waals surface area contributed by atoms with Crippen molar-refractivity contribution in [3.8, 4) is 38.8 Å². The molecule has 5 heterocycles. The van der Waals surface area contributed by atoms with E-state index in [1.165, 1.54) is 16.2 Å². The zero-order valence-corrected chi connectivity index (χ0v) is 43.9. The molecule has 20 heteroatoms. The van der Waals surface area contributed by atoms with E-state index in [9.17, 15) is 33.5 Å². The van der Waals surface area contributed by atoms with E-state index in [-0.39, 0.29) is 63.1 Å². The average molecular weight is 1040 g/mol. The summed E-state index contributed by atoms with van der Waals surface area (Å²) >= 11 is 1.50. The van der Waals surface area contributed by atoms with Gasteiger partial charge >= 0.3 is 0 Å². The summed E-state index contributed by atoms with van der Waals surface area (Å²) in [6, 6.07) is 9.35. The van der Waals surface area contributed by atoms with Gasteiger partial charge in [0.05, 0.1) is 60.0 Å². The zero-order chi connectivity index (χ0) is 52.9. The number of aryl methyl sites for hydroxylation is 2. The monoisotopic (exact) mass is 1040 g/mol. The number of hydrogen-bond donors (Lipinski definition) is 4. The number of hydrogen-bond acceptors (Lipinski definition) is 14. The molecule has 1 saturated carbocycles. The van der Waals surface area contributed by atoms with Crippen molar-refractivity contribution < 1.29 is 47.6 Å². The Bertz CT molecular complexity index is 2900. The number of aliphatic hydroxyl groups is 1. The Morgan fingerprint density at radius 2 is 1.69 bits per heavy atom. The van der Waals surface area contributed by atoms with Crippen LogP contribution in [-0.4, -0.2) is 137 Å². The maximum atomic E-state index is 14.7. The van der Waals surface area contributed by atoms with Crippen LogP contribution in [0.5, 0.6) is 17.2 Å². The second-order valence-electron chi connectivity index (χ2n) is 20.6. The number of benzene rings is 2. The van der Waals surface area contributed by atoms with Gasteiger partial charge < -0.3 is 49.5 Å². The Labute approximate surface area is 433 Å². The SMILES string of the molecule is COc1cc(-c2cn(C)c(=O)c3cnccc23)cc(OC)c1CN1CC(NC(=O)CCCCOCCOc2cc(-c3scnc3C)ccc2CNC(=O)[C@@H]2C[C@@H](O)CN2C(=O)[C@@H](NC(=O)C2(F)CC2)C(C)(C)C)C1. The zero-order valence-electron chi connectivity index (χ0n) is 43.1. The number of rotatable bonds is 22. The van der Waals surface area contributed by atoms with Gasteiger partial charge in [-0.15, -0.1) is 11.3 Å². The lowest BCUT2D eigenvalue weighted by atomic mass is 9.85. The first-order valence-corrected chi connectivity index (χ1v) is 26.0. The summed E-state index contributed by atoms with van der Waals surface area (Å²) in [6.07, 6.45) is 6.00. The molecule has 0 radical (unpaired) electrons. The number of likely N-dealkylation sites (tertiary alicyclic amines) is 2. The van der Waals surface area contributed by atoms with Crippen molar-refractivity contribution in [2.75, 3.05) is 53.7 Å². The summed E-state index contributed by atoms with van der Waals surface area (Å²) in [6.45, 7) is 10.0. The van der Waals surface area contributed by atoms with Gasteiger partial charge in [0.1, 0.15) is 35.9 Å². The van der Waals surface area contributed by atoms with Gasteiger partial charge in [-0.25, -0.2) is 9.37 Å². The van der Waals surface area contributed by atoms with Gasteiger partial charge in [-0.1, -0.05) is 32.9 Å². The predicted octanol–water partition coefficient (Wildman–Crippen LogP) is 5.23. The molecule has 2 aromatic carbocycles. The lowest BCUT2D eigenvalue weighted by molar-refractivity contribution is -0.145. The van der Waals surface area contributed by atoms with E-state index >= 15 is 0 Å². The molecule has 4 N–H and O–H groups in total. The van der Waals surface area contributed by atoms with Crippen molar-refractivity contribution in [1.29, 1.82) is 0 Å². The molecule has 0 spiro atoms. The first-order chi connectivity index (χ1) is 35.4. The Morgan fingerprint density at radius 3 is 2.36 bits per heavy atom. The van der Waals surface area contributed by atoms with Gasteiger partial charge in [0.15, 0.2) is 5.67 Å². The molecule has 0 bridgehead atoms. The predicted molar refractivity (Wildman–Crippen MR) is 278 cm³/mol. The molecule has 2 aliphatic heterocycles. The van der Waals surface area contributed by atoms with Crippen molar-refractivity contribution >= 4 is 45.7 Å². The number of alkyl halides is 1. The number of β-amino-alcohol motifs (C(OH)–C–C–N with tert-alkyl or cyclic N) is 1. The molecule has 396 valence electrons. The van der Waals surface area contributed by atoms with Gasteiger partial charge in [0, 0.05) is 88.9 Å². The van der Waals surface area contributed by atoms with Crippen LogP contribution in [0.15, 0.2) is 65.3 Å². The topological polar surface area (TPSA) is 216 Å². The number of nitrogens with one attached hydrogen (secondary N) is 3. The molecule has 3 aromatic heterocycles. The number of carbonyl (C=O) groups is 4. The third-order valence-electron chi connectivity index (χ3n) is 13.9. The molecular weight excluding hydrogens is 972 g/mol. The van der Waals surface area contributed by atoms with Gasteiger partial charge in [-0.2, -0.15) is 0 Å². The maximum Gasteiger partial charge on any atom is 0.259 e. The first kappa shape index (κ1) is 53.8. The Morgan fingerprint density at radius 1 is 0.959 bits per heavy atom. The van der Waals surface area contributed by atoms with Crippen LogP contribution < -0.4 is 35.7 Å². The highest BCUT2D eigenvalue weighted by molar-refractivity contribution is 7.13. The van der Waals surface area contributed by atoms with E-state index < -0.39 is 47.0 Å². The number of aliphatic hydroxyl groups excluding tert-OH is 1. The van der Waals surface area contributed by atoms with Gasteiger partial charge in [-0.05, 0) is 78.8 Å². The van der Waals surface area contributed by atoms with Crippen molar-refractivity contribution in [3.63, 3.8) is 0 Å². The molecule has 5 aromatic rings. The molecule has 3 atom stereocenters. The van der Waals surface area contributed by atoms with E-state index in [0.29, 0.717) is 73.7 Å². The number of thiazole rings is 1. The fourth-order valence-electron chi connectivity index (χ4n) is 9.53. The van der Waals surface area contributed by atoms with Crippen LogP contribution in [0, 0.1) is 12.3 Å². The Kier molecular flexibility index (Phi) is 16.7. The minimum atomic E-state index is -1.98. The fourth-order valence-corrected chi connectivity index (χ4v) is 10.3. The van der Waals surface area contributed by atoms with Gasteiger partial charge in [0.2, 0.25) is 17.7 Å². The summed E-state index contributed by atoms with van der Waals surface area (Å²) in [5, 5.41) is 20.6. The summed E-state index contributed by atoms with van der Waals surface area (Å²) in [5.41, 5.74) is 3.91. The van der Waals surface area contributed by atoms with Crippen molar-refractivity contribution in [2.45, 2.75) is 109 Å². The molecule has 3 fully saturated rings. The average Bonchev–Trinajstić information content (AvgIpc) is 3.77. The molecule has 2 saturated heterocycles. The van der Waals surface area contributed by atoms with Crippen LogP contribution in [0.4, 0.5) is 4.39 Å². The minimum Gasteiger partial charge on any atom is -0.496 e. The maximum absolute atomic E-state index is 14.7. The molecule has 8 rings (SSSR count). The molecule has 1 aliphatic carbocycles. The lowest BCUT2D eigenvalue weighted by Crippen LogP contribution is -2.59. The molecule has 74 heavy (non-hydrogen) atoms. The molecule has 18 nitrogen and oxygen atoms in total. The van der Waals surface area contributed by atoms with Crippen LogP contribution in [0.2, 0.25) is 0 Å². The quantitative estimate of drug-likeness (QED) is 0.0655. The van der Waals surface area contributed by atoms with Crippen molar-refractivity contribution in [2.24, 2.45) is 12.5 Å². The lowest BCUT2D eigenvalue weighted by Gasteiger charge is -2.40. The van der Waals surface area contributed by atoms with Gasteiger partial charge in [0.25, 0.3) is 11.5 Å². The highest BCUT2D eigenvalue weighted by Crippen LogP contribution is 2.41. The van der Waals surface area contributed by atoms with E-state index in [2.05, 4.69) is 30.8 Å². The van der Waals surface area contributed by atoms with Crippen LogP contribution in [0.1, 0.15) is 76.1 Å². The first-order valence-electron chi connectivity index (χ1n) is 25.1. The number of methoxy groups -OCH3 is 2. The minimum absolute atomic E-state index is 0.00747. The van der Waals surface area contributed by atoms with Crippen molar-refractivity contribution in [1.82, 2.24) is 40.3 Å². The number of unbranched alkanes of at least 4 members (excludes halogenated alkanes) is 1. The molecule has 4 amide bonds. The van der Waals surface area contributed by atoms with Crippen molar-refractivity contribution in [3.05, 3.63) is 87.7 Å². The van der Waals surface area contributed by atoms with Crippen LogP contribution in [0.25, 0.3) is 32.3 Å². The molecular formula is C54H67FN8O10S. The summed E-state index contributed by atoms with van der Waals surface area (Å²) < 4.78 is 40.1. The number of nitrogens with zero attached hydrogens (tertiary/aromatic N) is 5. The van der Waals surface area contributed by atoms with E-state index in [0.717, 1.165) is 38.2 Å². The van der Waals surface area contributed by atoms with E-state index in [1.807, 2.05) is 49.5 Å². The summed E-state index contributed by atoms with van der Waals surface area (Å²) in [7, 11) is 4.97. The fraction of sp³-hybridized carbons (Fsp3) is 0.500. The highest BCUT2D eigenvalue weighted by Gasteiger charge is 2.53. The Balaban J connectivity index is 0.779. The highest BCUT2D eigenvalue weighted by atomic mass is 32.1. The molecule has 0 unspecified atom stereocenters. The van der Waals surface area contributed by atoms with Crippen LogP contribution >= 0.6 is 11.3 Å². The molecule has 3 aliphatic rings. The number of aromatic nitrogens is 3. The number of halogens is 1. The number of ether oxygens (including phenoxy) is 4. The smallest absolute Gasteiger partial charge is 0.259 e. The standard InChI is InChI=1S/C54H67FN8O10S/c1-32-47(74-31-58-32)33-11-12-34(24-57-49(66)42-23-37(64)28-63(42)51(68)48(53(2,3)4)60-52(69)54(55)14-15-54)43(20-33)73-19-18-72-17-9-8-10-46(65)59-36-26-62(27-36)30-41-44(70-6)21-35(22-45(41)71-7)40-29-61(5)50(67)39-25-56-16-13-38(39)40/h11-13,16,20-22,25,29,31,36-37,42,48,64H,8-10,14-15,17-19,23-24,26-28,30H2,1-7H3,(H,57,66)(H,59,65)(H,60,69)/t37-,42+,48-/m1/s1. The second kappa shape index (κ2) is 23.0. The van der Waals surface area contributed by atoms with E-state index in [1.54, 1.807) is 64.5 Å². The second-order valence-corrected chi connectivity index (χ2v) is 21.4. The van der Waals surface area contributed by atoms with E-state index in [4.69, 9.17) is 18.9 Å². The number of amides is 4. The Hall–Kier alpha value is -6.48.